The Balaban J connectivity index is 2.21. The SMILES string of the molecule is FC(F)(F)Oc1ccccc1C1CNC1. The van der Waals surface area contributed by atoms with Crippen LogP contribution in [0.4, 0.5) is 13.2 Å². The zero-order chi connectivity index (χ0) is 10.9. The van der Waals surface area contributed by atoms with Gasteiger partial charge in [-0.3, -0.25) is 0 Å². The maximum Gasteiger partial charge on any atom is 0.573 e. The summed E-state index contributed by atoms with van der Waals surface area (Å²) in [4.78, 5) is 0. The van der Waals surface area contributed by atoms with Crippen molar-refractivity contribution < 1.29 is 17.9 Å². The van der Waals surface area contributed by atoms with Gasteiger partial charge in [0.2, 0.25) is 0 Å². The number of para-hydroxylation sites is 1. The first-order chi connectivity index (χ1) is 7.06. The van der Waals surface area contributed by atoms with Crippen LogP contribution in [-0.2, 0) is 0 Å². The van der Waals surface area contributed by atoms with Gasteiger partial charge in [0.25, 0.3) is 0 Å². The number of ether oxygens (including phenoxy) is 1. The van der Waals surface area contributed by atoms with Crippen molar-refractivity contribution in [2.24, 2.45) is 0 Å². The average molecular weight is 217 g/mol. The first kappa shape index (κ1) is 10.3. The smallest absolute Gasteiger partial charge is 0.405 e. The fourth-order valence-corrected chi connectivity index (χ4v) is 1.54. The number of rotatable bonds is 2. The van der Waals surface area contributed by atoms with Crippen molar-refractivity contribution in [3.63, 3.8) is 0 Å². The summed E-state index contributed by atoms with van der Waals surface area (Å²) in [6.07, 6.45) is -4.62. The maximum absolute atomic E-state index is 12.1. The van der Waals surface area contributed by atoms with Gasteiger partial charge in [0.15, 0.2) is 0 Å². The van der Waals surface area contributed by atoms with Crippen LogP contribution < -0.4 is 10.1 Å². The summed E-state index contributed by atoms with van der Waals surface area (Å²) in [6, 6.07) is 6.28. The maximum atomic E-state index is 12.1. The molecule has 2 rings (SSSR count). The van der Waals surface area contributed by atoms with Crippen LogP contribution in [0, 0.1) is 0 Å². The Morgan fingerprint density at radius 2 is 1.87 bits per heavy atom. The molecule has 0 bridgehead atoms. The molecule has 1 aromatic carbocycles. The molecule has 0 spiro atoms. The number of halogens is 3. The van der Waals surface area contributed by atoms with Crippen LogP contribution in [0.3, 0.4) is 0 Å². The first-order valence-electron chi connectivity index (χ1n) is 4.61. The minimum absolute atomic E-state index is 0.0866. The van der Waals surface area contributed by atoms with Crippen molar-refractivity contribution in [2.75, 3.05) is 13.1 Å². The molecule has 1 aromatic rings. The highest BCUT2D eigenvalue weighted by Crippen LogP contribution is 2.32. The highest BCUT2D eigenvalue weighted by molar-refractivity contribution is 5.38. The molecule has 1 aliphatic heterocycles. The van der Waals surface area contributed by atoms with E-state index in [4.69, 9.17) is 0 Å². The van der Waals surface area contributed by atoms with Crippen LogP contribution in [0.25, 0.3) is 0 Å². The topological polar surface area (TPSA) is 21.3 Å². The molecule has 0 atom stereocenters. The van der Waals surface area contributed by atoms with Crippen molar-refractivity contribution in [1.82, 2.24) is 5.32 Å². The van der Waals surface area contributed by atoms with Crippen molar-refractivity contribution in [1.29, 1.82) is 0 Å². The van der Waals surface area contributed by atoms with E-state index >= 15 is 0 Å². The number of alkyl halides is 3. The monoisotopic (exact) mass is 217 g/mol. The number of hydrogen-bond acceptors (Lipinski definition) is 2. The molecule has 0 unspecified atom stereocenters. The zero-order valence-electron chi connectivity index (χ0n) is 7.84. The molecule has 1 fully saturated rings. The lowest BCUT2D eigenvalue weighted by molar-refractivity contribution is -0.275. The first-order valence-corrected chi connectivity index (χ1v) is 4.61. The highest BCUT2D eigenvalue weighted by atomic mass is 19.4. The summed E-state index contributed by atoms with van der Waals surface area (Å²) < 4.78 is 40.2. The Morgan fingerprint density at radius 1 is 1.20 bits per heavy atom. The fourth-order valence-electron chi connectivity index (χ4n) is 1.54. The number of benzene rings is 1. The van der Waals surface area contributed by atoms with E-state index in [0.717, 1.165) is 0 Å². The van der Waals surface area contributed by atoms with Crippen LogP contribution >= 0.6 is 0 Å². The van der Waals surface area contributed by atoms with Crippen LogP contribution in [0.1, 0.15) is 11.5 Å². The highest BCUT2D eigenvalue weighted by Gasteiger charge is 2.33. The fraction of sp³-hybridized carbons (Fsp3) is 0.400. The minimum Gasteiger partial charge on any atom is -0.405 e. The lowest BCUT2D eigenvalue weighted by Crippen LogP contribution is -2.40. The Bertz CT molecular complexity index is 347. The largest absolute Gasteiger partial charge is 0.573 e. The van der Waals surface area contributed by atoms with Crippen molar-refractivity contribution in [3.8, 4) is 5.75 Å². The molecule has 0 radical (unpaired) electrons. The molecule has 0 amide bonds. The van der Waals surface area contributed by atoms with Gasteiger partial charge in [-0.25, -0.2) is 0 Å². The van der Waals surface area contributed by atoms with Crippen LogP contribution in [0.5, 0.6) is 5.75 Å². The van der Waals surface area contributed by atoms with E-state index in [1.807, 2.05) is 0 Å². The van der Waals surface area contributed by atoms with Crippen molar-refractivity contribution >= 4 is 0 Å². The van der Waals surface area contributed by atoms with Gasteiger partial charge in [-0.1, -0.05) is 18.2 Å². The van der Waals surface area contributed by atoms with Gasteiger partial charge in [-0.15, -0.1) is 13.2 Å². The normalized spacial score (nSPS) is 17.3. The molecule has 0 saturated carbocycles. The summed E-state index contributed by atoms with van der Waals surface area (Å²) in [6.45, 7) is 1.41. The Labute approximate surface area is 85.0 Å². The molecule has 0 aliphatic carbocycles. The summed E-state index contributed by atoms with van der Waals surface area (Å²) in [7, 11) is 0. The zero-order valence-corrected chi connectivity index (χ0v) is 7.84. The summed E-state index contributed by atoms with van der Waals surface area (Å²) >= 11 is 0. The van der Waals surface area contributed by atoms with E-state index in [1.165, 1.54) is 12.1 Å². The molecule has 2 nitrogen and oxygen atoms in total. The molecule has 15 heavy (non-hydrogen) atoms. The number of hydrogen-bond donors (Lipinski definition) is 1. The van der Waals surface area contributed by atoms with Crippen molar-refractivity contribution in [2.45, 2.75) is 12.3 Å². The third-order valence-electron chi connectivity index (χ3n) is 2.37. The molecule has 1 aliphatic rings. The Kier molecular flexibility index (Phi) is 2.56. The number of nitrogens with one attached hydrogen (secondary N) is 1. The van der Waals surface area contributed by atoms with E-state index in [0.29, 0.717) is 18.7 Å². The summed E-state index contributed by atoms with van der Waals surface area (Å²) in [5.41, 5.74) is 0.619. The molecule has 82 valence electrons. The van der Waals surface area contributed by atoms with Crippen LogP contribution in [0.15, 0.2) is 24.3 Å². The van der Waals surface area contributed by atoms with E-state index in [9.17, 15) is 13.2 Å². The summed E-state index contributed by atoms with van der Waals surface area (Å²) in [5, 5.41) is 3.01. The predicted octanol–water partition coefficient (Wildman–Crippen LogP) is 2.27. The second-order valence-corrected chi connectivity index (χ2v) is 3.44. The van der Waals surface area contributed by atoms with Crippen LogP contribution in [-0.4, -0.2) is 19.5 Å². The summed E-state index contributed by atoms with van der Waals surface area (Å²) in [5.74, 6) is 0.0417. The standard InChI is InChI=1S/C10H10F3NO/c11-10(12,13)15-9-4-2-1-3-8(9)7-5-14-6-7/h1-4,7,14H,5-6H2. The van der Waals surface area contributed by atoms with Gasteiger partial charge in [0.05, 0.1) is 0 Å². The third-order valence-corrected chi connectivity index (χ3v) is 2.37. The molecule has 1 heterocycles. The third kappa shape index (κ3) is 2.41. The quantitative estimate of drug-likeness (QED) is 0.820. The van der Waals surface area contributed by atoms with Crippen LogP contribution in [0.2, 0.25) is 0 Å². The minimum atomic E-state index is -4.62. The van der Waals surface area contributed by atoms with E-state index in [1.54, 1.807) is 12.1 Å². The predicted molar refractivity (Wildman–Crippen MR) is 48.7 cm³/mol. The second-order valence-electron chi connectivity index (χ2n) is 3.44. The molecule has 1 saturated heterocycles. The molecular formula is C10H10F3NO. The lowest BCUT2D eigenvalue weighted by Gasteiger charge is -2.29. The lowest BCUT2D eigenvalue weighted by atomic mass is 9.93. The van der Waals surface area contributed by atoms with Gasteiger partial charge in [-0.05, 0) is 6.07 Å². The Morgan fingerprint density at radius 3 is 2.40 bits per heavy atom. The van der Waals surface area contributed by atoms with Gasteiger partial charge in [-0.2, -0.15) is 0 Å². The molecule has 1 N–H and O–H groups in total. The van der Waals surface area contributed by atoms with Gasteiger partial charge in [0.1, 0.15) is 5.75 Å². The molecule has 5 heteroatoms. The Hall–Kier alpha value is -1.23. The van der Waals surface area contributed by atoms with Gasteiger partial charge >= 0.3 is 6.36 Å². The van der Waals surface area contributed by atoms with E-state index in [-0.39, 0.29) is 11.7 Å². The molecule has 0 aromatic heterocycles. The molecular weight excluding hydrogens is 207 g/mol. The van der Waals surface area contributed by atoms with Gasteiger partial charge in [0, 0.05) is 24.6 Å². The van der Waals surface area contributed by atoms with Crippen molar-refractivity contribution in [3.05, 3.63) is 29.8 Å². The van der Waals surface area contributed by atoms with E-state index < -0.39 is 6.36 Å². The average Bonchev–Trinajstić information content (AvgIpc) is 2.02. The van der Waals surface area contributed by atoms with E-state index in [2.05, 4.69) is 10.1 Å². The van der Waals surface area contributed by atoms with Gasteiger partial charge < -0.3 is 10.1 Å². The second kappa shape index (κ2) is 3.73.